The molecule has 0 saturated heterocycles. The van der Waals surface area contributed by atoms with Crippen LogP contribution in [0.4, 0.5) is 26.3 Å². The number of hydrogen-bond donors (Lipinski definition) is 2. The number of fused-ring (bicyclic) bond motifs is 1. The van der Waals surface area contributed by atoms with Gasteiger partial charge in [-0.05, 0) is 42.5 Å². The van der Waals surface area contributed by atoms with E-state index in [0.717, 1.165) is 48.5 Å². The van der Waals surface area contributed by atoms with Crippen molar-refractivity contribution in [2.45, 2.75) is 44.5 Å². The predicted molar refractivity (Wildman–Crippen MR) is 136 cm³/mol. The minimum absolute atomic E-state index is 0.0345. The molecule has 216 valence electrons. The molecule has 0 spiro atoms. The van der Waals surface area contributed by atoms with Gasteiger partial charge in [-0.25, -0.2) is 4.98 Å². The molecule has 2 N–H and O–H groups in total. The number of likely N-dealkylation sites (N-methyl/N-ethyl adjacent to an activating group) is 2. The van der Waals surface area contributed by atoms with Gasteiger partial charge in [-0.15, -0.1) is 0 Å². The van der Waals surface area contributed by atoms with Gasteiger partial charge in [0.15, 0.2) is 0 Å². The monoisotopic (exact) mass is 568 g/mol. The second-order valence-electron chi connectivity index (χ2n) is 9.52. The Morgan fingerprint density at radius 3 is 2.20 bits per heavy atom. The zero-order chi connectivity index (χ0) is 29.5. The molecule has 1 aliphatic rings. The van der Waals surface area contributed by atoms with Gasteiger partial charge in [-0.1, -0.05) is 36.4 Å². The van der Waals surface area contributed by atoms with Crippen molar-refractivity contribution in [1.82, 2.24) is 20.2 Å². The van der Waals surface area contributed by atoms with Gasteiger partial charge in [-0.2, -0.15) is 26.3 Å². The number of aryl methyl sites for hydroxylation is 1. The lowest BCUT2D eigenvalue weighted by molar-refractivity contribution is -0.138. The van der Waals surface area contributed by atoms with E-state index in [-0.39, 0.29) is 24.2 Å². The lowest BCUT2D eigenvalue weighted by atomic mass is 9.89. The number of rotatable bonds is 6. The van der Waals surface area contributed by atoms with E-state index in [1.807, 2.05) is 0 Å². The number of benzene rings is 2. The maximum Gasteiger partial charge on any atom is 0.416 e. The van der Waals surface area contributed by atoms with Crippen molar-refractivity contribution >= 4 is 11.8 Å². The Balaban J connectivity index is 0.000000252. The highest BCUT2D eigenvalue weighted by atomic mass is 19.4. The predicted octanol–water partition coefficient (Wildman–Crippen LogP) is 5.23. The highest BCUT2D eigenvalue weighted by Crippen LogP contribution is 2.30. The summed E-state index contributed by atoms with van der Waals surface area (Å²) in [6.45, 7) is 0.395. The molecular formula is C28H30F6N4O2. The number of aromatic amines is 1. The first kappa shape index (κ1) is 30.7. The first-order chi connectivity index (χ1) is 18.8. The van der Waals surface area contributed by atoms with Gasteiger partial charge in [-0.3, -0.25) is 9.59 Å². The lowest BCUT2D eigenvalue weighted by Crippen LogP contribution is -2.37. The molecule has 0 radical (unpaired) electrons. The van der Waals surface area contributed by atoms with Crippen LogP contribution in [0.3, 0.4) is 0 Å². The van der Waals surface area contributed by atoms with E-state index in [9.17, 15) is 35.9 Å². The standard InChI is InChI=1S/C18H20F3N3O.C10H10F3NO/c1-24(8-7-12-3-2-4-14(9-12)18(19,20)21)17(25)13-5-6-15-16(10-13)23-11-22-15;1-14-9(15)6-7-3-2-4-8(5-7)10(11,12)13/h2-4,9,11,13H,5-8,10H2,1H3,(H,22,23);2-5H,6H2,1H3,(H,14,15). The maximum absolute atomic E-state index is 12.8. The third-order valence-corrected chi connectivity index (χ3v) is 6.60. The Hall–Kier alpha value is -3.83. The van der Waals surface area contributed by atoms with E-state index in [2.05, 4.69) is 15.3 Å². The highest BCUT2D eigenvalue weighted by molar-refractivity contribution is 5.79. The highest BCUT2D eigenvalue weighted by Gasteiger charge is 2.31. The molecule has 3 aromatic rings. The van der Waals surface area contributed by atoms with Crippen molar-refractivity contribution in [3.05, 3.63) is 88.5 Å². The summed E-state index contributed by atoms with van der Waals surface area (Å²) >= 11 is 0. The maximum atomic E-state index is 12.8. The lowest BCUT2D eigenvalue weighted by Gasteiger charge is -2.26. The molecule has 12 heteroatoms. The van der Waals surface area contributed by atoms with Crippen LogP contribution < -0.4 is 5.32 Å². The second-order valence-corrected chi connectivity index (χ2v) is 9.52. The van der Waals surface area contributed by atoms with Gasteiger partial charge < -0.3 is 15.2 Å². The molecule has 0 bridgehead atoms. The fraction of sp³-hybridized carbons (Fsp3) is 0.393. The van der Waals surface area contributed by atoms with Crippen molar-refractivity contribution in [3.63, 3.8) is 0 Å². The van der Waals surface area contributed by atoms with Crippen LogP contribution in [-0.4, -0.2) is 47.3 Å². The van der Waals surface area contributed by atoms with Crippen molar-refractivity contribution in [1.29, 1.82) is 0 Å². The molecule has 1 atom stereocenters. The van der Waals surface area contributed by atoms with E-state index in [1.165, 1.54) is 25.2 Å². The number of carbonyl (C=O) groups is 2. The minimum atomic E-state index is -4.36. The van der Waals surface area contributed by atoms with Crippen LogP contribution in [0.25, 0.3) is 0 Å². The molecule has 1 unspecified atom stereocenters. The van der Waals surface area contributed by atoms with Gasteiger partial charge in [0.2, 0.25) is 11.8 Å². The van der Waals surface area contributed by atoms with Crippen LogP contribution in [0.15, 0.2) is 54.9 Å². The van der Waals surface area contributed by atoms with Gasteiger partial charge in [0.25, 0.3) is 0 Å². The third kappa shape index (κ3) is 8.59. The largest absolute Gasteiger partial charge is 0.416 e. The first-order valence-corrected chi connectivity index (χ1v) is 12.6. The summed E-state index contributed by atoms with van der Waals surface area (Å²) in [7, 11) is 3.15. The molecule has 1 aromatic heterocycles. The average molecular weight is 569 g/mol. The average Bonchev–Trinajstić information content (AvgIpc) is 3.39. The molecule has 1 aliphatic carbocycles. The van der Waals surface area contributed by atoms with Crippen LogP contribution in [-0.2, 0) is 47.6 Å². The Kier molecular flexibility index (Phi) is 9.99. The number of aromatic nitrogens is 2. The van der Waals surface area contributed by atoms with Crippen molar-refractivity contribution in [3.8, 4) is 0 Å². The minimum Gasteiger partial charge on any atom is -0.359 e. The van der Waals surface area contributed by atoms with Crippen molar-refractivity contribution < 1.29 is 35.9 Å². The number of amides is 2. The number of nitrogens with zero attached hydrogens (tertiary/aromatic N) is 2. The number of imidazole rings is 1. The molecule has 6 nitrogen and oxygen atoms in total. The molecule has 0 saturated carbocycles. The molecule has 40 heavy (non-hydrogen) atoms. The Bertz CT molecular complexity index is 1300. The molecule has 0 fully saturated rings. The number of halogens is 6. The summed E-state index contributed by atoms with van der Waals surface area (Å²) in [5, 5.41) is 2.35. The molecule has 0 aliphatic heterocycles. The number of nitrogens with one attached hydrogen (secondary N) is 2. The number of carbonyl (C=O) groups excluding carboxylic acids is 2. The zero-order valence-electron chi connectivity index (χ0n) is 22.0. The second kappa shape index (κ2) is 13.0. The van der Waals surface area contributed by atoms with E-state index in [0.29, 0.717) is 30.5 Å². The van der Waals surface area contributed by atoms with Gasteiger partial charge in [0.1, 0.15) is 0 Å². The van der Waals surface area contributed by atoms with Crippen LogP contribution >= 0.6 is 0 Å². The fourth-order valence-corrected chi connectivity index (χ4v) is 4.36. The zero-order valence-corrected chi connectivity index (χ0v) is 22.0. The quantitative estimate of drug-likeness (QED) is 0.400. The summed E-state index contributed by atoms with van der Waals surface area (Å²) in [5.41, 5.74) is 1.58. The topological polar surface area (TPSA) is 78.1 Å². The molecule has 2 aromatic carbocycles. The van der Waals surface area contributed by atoms with E-state index in [1.54, 1.807) is 24.3 Å². The molecule has 1 heterocycles. The van der Waals surface area contributed by atoms with Crippen molar-refractivity contribution in [2.24, 2.45) is 5.92 Å². The van der Waals surface area contributed by atoms with Crippen molar-refractivity contribution in [2.75, 3.05) is 20.6 Å². The number of hydrogen-bond acceptors (Lipinski definition) is 3. The van der Waals surface area contributed by atoms with Crippen LogP contribution in [0, 0.1) is 5.92 Å². The molecule has 2 amide bonds. The van der Waals surface area contributed by atoms with E-state index in [4.69, 9.17) is 0 Å². The smallest absolute Gasteiger partial charge is 0.359 e. The first-order valence-electron chi connectivity index (χ1n) is 12.6. The summed E-state index contributed by atoms with van der Waals surface area (Å²) in [6.07, 6.45) is -4.53. The van der Waals surface area contributed by atoms with Crippen LogP contribution in [0.5, 0.6) is 0 Å². The molecular weight excluding hydrogens is 538 g/mol. The normalized spacial score (nSPS) is 14.9. The van der Waals surface area contributed by atoms with E-state index >= 15 is 0 Å². The summed E-state index contributed by atoms with van der Waals surface area (Å²) in [4.78, 5) is 32.5. The Labute approximate surface area is 227 Å². The SMILES string of the molecule is CN(CCc1cccc(C(F)(F)F)c1)C(=O)C1CCc2nc[nH]c2C1.CNC(=O)Cc1cccc(C(F)(F)F)c1. The summed E-state index contributed by atoms with van der Waals surface area (Å²) < 4.78 is 75.1. The Morgan fingerprint density at radius 1 is 1.00 bits per heavy atom. The van der Waals surface area contributed by atoms with Gasteiger partial charge in [0, 0.05) is 38.7 Å². The van der Waals surface area contributed by atoms with Crippen LogP contribution in [0.2, 0.25) is 0 Å². The third-order valence-electron chi connectivity index (χ3n) is 6.60. The Morgan fingerprint density at radius 2 is 1.60 bits per heavy atom. The number of alkyl halides is 6. The summed E-state index contributed by atoms with van der Waals surface area (Å²) in [6, 6.07) is 10.0. The number of H-pyrrole nitrogens is 1. The van der Waals surface area contributed by atoms with Gasteiger partial charge in [0.05, 0.1) is 29.6 Å². The van der Waals surface area contributed by atoms with E-state index < -0.39 is 23.5 Å². The van der Waals surface area contributed by atoms with Crippen LogP contribution in [0.1, 0.15) is 40.1 Å². The fourth-order valence-electron chi connectivity index (χ4n) is 4.36. The molecule has 4 rings (SSSR count). The summed E-state index contributed by atoms with van der Waals surface area (Å²) in [5.74, 6) is -0.374. The van der Waals surface area contributed by atoms with Gasteiger partial charge >= 0.3 is 12.4 Å².